The Labute approximate surface area is 161 Å². The van der Waals surface area contributed by atoms with E-state index in [1.165, 1.54) is 0 Å². The standard InChI is InChI=1S/C21H26N2O3S/c1-13(2)17-7-6-8-18(14(3)4)21(17)22-27(25,26)16-9-10-19-15(11-16)12-20(24)23(19)5/h6-11,13-14,22H,12H2,1-5H3. The van der Waals surface area contributed by atoms with E-state index < -0.39 is 10.0 Å². The van der Waals surface area contributed by atoms with Gasteiger partial charge in [0.1, 0.15) is 0 Å². The van der Waals surface area contributed by atoms with E-state index in [-0.39, 0.29) is 29.1 Å². The summed E-state index contributed by atoms with van der Waals surface area (Å²) in [6, 6.07) is 10.8. The zero-order valence-electron chi connectivity index (χ0n) is 16.4. The van der Waals surface area contributed by atoms with Gasteiger partial charge in [-0.25, -0.2) is 8.42 Å². The molecule has 1 aliphatic heterocycles. The van der Waals surface area contributed by atoms with Gasteiger partial charge in [-0.2, -0.15) is 0 Å². The molecule has 0 radical (unpaired) electrons. The topological polar surface area (TPSA) is 66.5 Å². The number of fused-ring (bicyclic) bond motifs is 1. The van der Waals surface area contributed by atoms with Crippen LogP contribution in [0.25, 0.3) is 0 Å². The summed E-state index contributed by atoms with van der Waals surface area (Å²) in [6.45, 7) is 8.20. The van der Waals surface area contributed by atoms with Crippen LogP contribution in [-0.2, 0) is 21.2 Å². The normalized spacial score (nSPS) is 14.2. The van der Waals surface area contributed by atoms with Crippen LogP contribution in [0.4, 0.5) is 11.4 Å². The van der Waals surface area contributed by atoms with Gasteiger partial charge in [-0.1, -0.05) is 45.9 Å². The molecule has 0 saturated heterocycles. The lowest BCUT2D eigenvalue weighted by molar-refractivity contribution is -0.117. The Morgan fingerprint density at radius 3 is 2.15 bits per heavy atom. The van der Waals surface area contributed by atoms with Crippen LogP contribution in [0.1, 0.15) is 56.2 Å². The van der Waals surface area contributed by atoms with Crippen molar-refractivity contribution in [3.63, 3.8) is 0 Å². The number of carbonyl (C=O) groups excluding carboxylic acids is 1. The molecule has 0 unspecified atom stereocenters. The second-order valence-corrected chi connectivity index (χ2v) is 9.33. The second-order valence-electron chi connectivity index (χ2n) is 7.65. The van der Waals surface area contributed by atoms with Crippen molar-refractivity contribution in [3.8, 4) is 0 Å². The van der Waals surface area contributed by atoms with Gasteiger partial charge < -0.3 is 4.90 Å². The van der Waals surface area contributed by atoms with E-state index >= 15 is 0 Å². The smallest absolute Gasteiger partial charge is 0.261 e. The summed E-state index contributed by atoms with van der Waals surface area (Å²) in [5.74, 6) is 0.347. The zero-order valence-corrected chi connectivity index (χ0v) is 17.2. The molecule has 5 nitrogen and oxygen atoms in total. The summed E-state index contributed by atoms with van der Waals surface area (Å²) >= 11 is 0. The third-order valence-electron chi connectivity index (χ3n) is 5.05. The van der Waals surface area contributed by atoms with Crippen LogP contribution in [0.15, 0.2) is 41.3 Å². The number of nitrogens with zero attached hydrogens (tertiary/aromatic N) is 1. The van der Waals surface area contributed by atoms with Crippen molar-refractivity contribution in [2.24, 2.45) is 0 Å². The van der Waals surface area contributed by atoms with Crippen molar-refractivity contribution in [2.75, 3.05) is 16.7 Å². The first-order valence-electron chi connectivity index (χ1n) is 9.17. The van der Waals surface area contributed by atoms with Crippen molar-refractivity contribution >= 4 is 27.3 Å². The highest BCUT2D eigenvalue weighted by atomic mass is 32.2. The Morgan fingerprint density at radius 2 is 1.59 bits per heavy atom. The van der Waals surface area contributed by atoms with E-state index in [2.05, 4.69) is 4.72 Å². The maximum atomic E-state index is 13.1. The molecule has 27 heavy (non-hydrogen) atoms. The minimum Gasteiger partial charge on any atom is -0.315 e. The maximum absolute atomic E-state index is 13.1. The van der Waals surface area contributed by atoms with Crippen LogP contribution in [0, 0.1) is 0 Å². The Bertz CT molecular complexity index is 968. The summed E-state index contributed by atoms with van der Waals surface area (Å²) in [4.78, 5) is 13.6. The first-order chi connectivity index (χ1) is 12.6. The number of sulfonamides is 1. The van der Waals surface area contributed by atoms with Crippen LogP contribution in [0.5, 0.6) is 0 Å². The Balaban J connectivity index is 2.04. The van der Waals surface area contributed by atoms with Crippen molar-refractivity contribution < 1.29 is 13.2 Å². The highest BCUT2D eigenvalue weighted by Gasteiger charge is 2.27. The van der Waals surface area contributed by atoms with E-state index in [1.807, 2.05) is 45.9 Å². The minimum atomic E-state index is -3.76. The molecular weight excluding hydrogens is 360 g/mol. The predicted molar refractivity (Wildman–Crippen MR) is 109 cm³/mol. The number of benzene rings is 2. The van der Waals surface area contributed by atoms with Gasteiger partial charge in [0.15, 0.2) is 0 Å². The summed E-state index contributed by atoms with van der Waals surface area (Å²) in [5, 5.41) is 0. The van der Waals surface area contributed by atoms with Gasteiger partial charge in [0.2, 0.25) is 5.91 Å². The maximum Gasteiger partial charge on any atom is 0.261 e. The Hall–Kier alpha value is -2.34. The number of amides is 1. The van der Waals surface area contributed by atoms with E-state index in [1.54, 1.807) is 30.1 Å². The van der Waals surface area contributed by atoms with Crippen LogP contribution in [0.2, 0.25) is 0 Å². The van der Waals surface area contributed by atoms with E-state index in [9.17, 15) is 13.2 Å². The highest BCUT2D eigenvalue weighted by molar-refractivity contribution is 7.92. The molecule has 0 bridgehead atoms. The number of likely N-dealkylation sites (N-methyl/N-ethyl adjacent to an activating group) is 1. The molecule has 1 N–H and O–H groups in total. The van der Waals surface area contributed by atoms with E-state index in [4.69, 9.17) is 0 Å². The molecule has 6 heteroatoms. The third kappa shape index (κ3) is 3.58. The molecule has 0 fully saturated rings. The van der Waals surface area contributed by atoms with Crippen molar-refractivity contribution in [2.45, 2.75) is 50.8 Å². The molecule has 2 aromatic carbocycles. The molecule has 3 rings (SSSR count). The minimum absolute atomic E-state index is 0.0280. The van der Waals surface area contributed by atoms with Crippen molar-refractivity contribution in [3.05, 3.63) is 53.1 Å². The van der Waals surface area contributed by atoms with E-state index in [0.29, 0.717) is 5.69 Å². The summed E-state index contributed by atoms with van der Waals surface area (Å²) < 4.78 is 29.0. The van der Waals surface area contributed by atoms with Gasteiger partial charge in [-0.15, -0.1) is 0 Å². The molecule has 0 saturated carbocycles. The fourth-order valence-electron chi connectivity index (χ4n) is 3.48. The first-order valence-corrected chi connectivity index (χ1v) is 10.6. The molecule has 1 heterocycles. The molecule has 0 spiro atoms. The lowest BCUT2D eigenvalue weighted by Crippen LogP contribution is -2.20. The molecule has 1 amide bonds. The molecule has 1 aliphatic rings. The average Bonchev–Trinajstić information content (AvgIpc) is 2.88. The lowest BCUT2D eigenvalue weighted by Gasteiger charge is -2.21. The predicted octanol–water partition coefficient (Wildman–Crippen LogP) is 4.25. The van der Waals surface area contributed by atoms with Gasteiger partial charge in [-0.05, 0) is 46.7 Å². The fraction of sp³-hybridized carbons (Fsp3) is 0.381. The van der Waals surface area contributed by atoms with Crippen LogP contribution in [0.3, 0.4) is 0 Å². The lowest BCUT2D eigenvalue weighted by atomic mass is 9.93. The number of hydrogen-bond acceptors (Lipinski definition) is 3. The van der Waals surface area contributed by atoms with Crippen LogP contribution < -0.4 is 9.62 Å². The second kappa shape index (κ2) is 7.00. The van der Waals surface area contributed by atoms with Gasteiger partial charge in [0.05, 0.1) is 17.0 Å². The Kier molecular flexibility index (Phi) is 5.04. The molecule has 0 atom stereocenters. The SMILES string of the molecule is CC(C)c1cccc(C(C)C)c1NS(=O)(=O)c1ccc2c(c1)CC(=O)N2C. The molecular formula is C21H26N2O3S. The summed E-state index contributed by atoms with van der Waals surface area (Å²) in [7, 11) is -2.06. The number of para-hydroxylation sites is 1. The van der Waals surface area contributed by atoms with E-state index in [0.717, 1.165) is 22.4 Å². The zero-order chi connectivity index (χ0) is 19.9. The fourth-order valence-corrected chi connectivity index (χ4v) is 4.64. The summed E-state index contributed by atoms with van der Waals surface area (Å²) in [6.07, 6.45) is 0.231. The molecule has 2 aromatic rings. The highest BCUT2D eigenvalue weighted by Crippen LogP contribution is 2.35. The quantitative estimate of drug-likeness (QED) is 0.835. The third-order valence-corrected chi connectivity index (χ3v) is 6.40. The number of carbonyl (C=O) groups is 1. The monoisotopic (exact) mass is 386 g/mol. The average molecular weight is 387 g/mol. The largest absolute Gasteiger partial charge is 0.315 e. The van der Waals surface area contributed by atoms with Crippen molar-refractivity contribution in [1.82, 2.24) is 0 Å². The Morgan fingerprint density at radius 1 is 1.00 bits per heavy atom. The van der Waals surface area contributed by atoms with Gasteiger partial charge in [0, 0.05) is 12.7 Å². The van der Waals surface area contributed by atoms with Crippen LogP contribution >= 0.6 is 0 Å². The van der Waals surface area contributed by atoms with Crippen molar-refractivity contribution in [1.29, 1.82) is 0 Å². The number of nitrogens with one attached hydrogen (secondary N) is 1. The first kappa shape index (κ1) is 19.4. The number of anilines is 2. The van der Waals surface area contributed by atoms with Gasteiger partial charge >= 0.3 is 0 Å². The van der Waals surface area contributed by atoms with Crippen LogP contribution in [-0.4, -0.2) is 21.4 Å². The molecule has 0 aromatic heterocycles. The number of rotatable bonds is 5. The molecule has 0 aliphatic carbocycles. The summed E-state index contributed by atoms with van der Waals surface area (Å²) in [5.41, 5.74) is 4.12. The molecule has 144 valence electrons. The van der Waals surface area contributed by atoms with Gasteiger partial charge in [0.25, 0.3) is 10.0 Å². The van der Waals surface area contributed by atoms with Gasteiger partial charge in [-0.3, -0.25) is 9.52 Å². The number of hydrogen-bond donors (Lipinski definition) is 1.